The first-order chi connectivity index (χ1) is 9.40. The van der Waals surface area contributed by atoms with Crippen molar-refractivity contribution in [1.29, 1.82) is 0 Å². The van der Waals surface area contributed by atoms with E-state index < -0.39 is 10.7 Å². The molecule has 0 N–H and O–H groups in total. The van der Waals surface area contributed by atoms with Gasteiger partial charge in [0.2, 0.25) is 6.20 Å². The van der Waals surface area contributed by atoms with E-state index in [1.165, 1.54) is 18.2 Å². The Morgan fingerprint density at radius 1 is 1.35 bits per heavy atom. The molecular formula is C14H12ClFN2O2. The second-order valence-electron chi connectivity index (χ2n) is 4.36. The summed E-state index contributed by atoms with van der Waals surface area (Å²) in [5, 5.41) is 10.4. The van der Waals surface area contributed by atoms with E-state index in [2.05, 4.69) is 0 Å². The number of halogens is 2. The first kappa shape index (κ1) is 14.3. The lowest BCUT2D eigenvalue weighted by atomic mass is 10.2. The summed E-state index contributed by atoms with van der Waals surface area (Å²) in [4.78, 5) is 9.87. The molecule has 104 valence electrons. The third kappa shape index (κ3) is 2.72. The van der Waals surface area contributed by atoms with E-state index in [4.69, 9.17) is 11.6 Å². The molecule has 0 aliphatic carbocycles. The predicted octanol–water partition coefficient (Wildman–Crippen LogP) is 4.13. The van der Waals surface area contributed by atoms with Crippen molar-refractivity contribution in [2.45, 2.75) is 13.8 Å². The Kier molecular flexibility index (Phi) is 3.90. The Hall–Kier alpha value is -2.14. The number of nitro groups is 1. The summed E-state index contributed by atoms with van der Waals surface area (Å²) >= 11 is 5.79. The van der Waals surface area contributed by atoms with E-state index in [9.17, 15) is 14.5 Å². The van der Waals surface area contributed by atoms with E-state index in [1.807, 2.05) is 24.5 Å². The Morgan fingerprint density at radius 2 is 2.05 bits per heavy atom. The smallest absolute Gasteiger partial charge is 0.235 e. The van der Waals surface area contributed by atoms with Gasteiger partial charge in [-0.25, -0.2) is 4.39 Å². The number of hydrogen-bond acceptors (Lipinski definition) is 2. The fourth-order valence-electron chi connectivity index (χ4n) is 2.12. The molecule has 0 aliphatic rings. The molecule has 0 spiro atoms. The van der Waals surface area contributed by atoms with Crippen LogP contribution in [-0.4, -0.2) is 9.49 Å². The maximum Gasteiger partial charge on any atom is 0.235 e. The molecule has 2 aromatic rings. The lowest BCUT2D eigenvalue weighted by Gasteiger charge is -2.10. The monoisotopic (exact) mass is 294 g/mol. The molecule has 1 aromatic carbocycles. The standard InChI is InChI=1S/C14H12ClFN2O2/c1-9-7-11(5-6-17(19)20)10(2)18(9)12-3-4-14(16)13(15)8-12/h3-8H,1-2H3/b6-5+. The molecule has 6 heteroatoms. The van der Waals surface area contributed by atoms with Crippen LogP contribution in [0.15, 0.2) is 30.5 Å². The van der Waals surface area contributed by atoms with E-state index in [0.717, 1.165) is 23.2 Å². The molecule has 0 saturated carbocycles. The summed E-state index contributed by atoms with van der Waals surface area (Å²) in [7, 11) is 0. The summed E-state index contributed by atoms with van der Waals surface area (Å²) in [6, 6.07) is 6.26. The summed E-state index contributed by atoms with van der Waals surface area (Å²) < 4.78 is 15.1. The number of nitrogens with zero attached hydrogens (tertiary/aromatic N) is 2. The van der Waals surface area contributed by atoms with Gasteiger partial charge < -0.3 is 4.57 Å². The van der Waals surface area contributed by atoms with Crippen molar-refractivity contribution in [2.24, 2.45) is 0 Å². The molecule has 2 rings (SSSR count). The molecule has 0 bridgehead atoms. The van der Waals surface area contributed by atoms with Crippen molar-refractivity contribution in [3.63, 3.8) is 0 Å². The van der Waals surface area contributed by atoms with Crippen LogP contribution in [0.1, 0.15) is 17.0 Å². The lowest BCUT2D eigenvalue weighted by Crippen LogP contribution is -1.99. The summed E-state index contributed by atoms with van der Waals surface area (Å²) in [5.74, 6) is -0.480. The average molecular weight is 295 g/mol. The zero-order valence-corrected chi connectivity index (χ0v) is 11.7. The van der Waals surface area contributed by atoms with Gasteiger partial charge in [-0.2, -0.15) is 0 Å². The zero-order valence-electron chi connectivity index (χ0n) is 10.9. The minimum absolute atomic E-state index is 0.0392. The fourth-order valence-corrected chi connectivity index (χ4v) is 2.29. The largest absolute Gasteiger partial charge is 0.318 e. The molecule has 1 heterocycles. The number of aryl methyl sites for hydroxylation is 1. The third-order valence-electron chi connectivity index (χ3n) is 3.01. The molecule has 1 aromatic heterocycles. The van der Waals surface area contributed by atoms with Gasteiger partial charge >= 0.3 is 0 Å². The molecule has 0 aliphatic heterocycles. The second-order valence-corrected chi connectivity index (χ2v) is 4.77. The van der Waals surface area contributed by atoms with Crippen molar-refractivity contribution in [3.05, 3.63) is 68.4 Å². The molecule has 4 nitrogen and oxygen atoms in total. The molecule has 0 amide bonds. The normalized spacial score (nSPS) is 11.2. The lowest BCUT2D eigenvalue weighted by molar-refractivity contribution is -0.400. The quantitative estimate of drug-likeness (QED) is 0.631. The van der Waals surface area contributed by atoms with E-state index in [0.29, 0.717) is 5.69 Å². The highest BCUT2D eigenvalue weighted by Gasteiger charge is 2.11. The van der Waals surface area contributed by atoms with Crippen LogP contribution in [0.2, 0.25) is 5.02 Å². The average Bonchev–Trinajstić information content (AvgIpc) is 2.65. The summed E-state index contributed by atoms with van der Waals surface area (Å²) in [6.07, 6.45) is 2.33. The molecule has 0 radical (unpaired) electrons. The maximum absolute atomic E-state index is 13.2. The molecule has 0 unspecified atom stereocenters. The fraction of sp³-hybridized carbons (Fsp3) is 0.143. The van der Waals surface area contributed by atoms with E-state index in [-0.39, 0.29) is 5.02 Å². The number of rotatable bonds is 3. The molecule has 0 fully saturated rings. The van der Waals surface area contributed by atoms with Crippen LogP contribution in [0.4, 0.5) is 4.39 Å². The van der Waals surface area contributed by atoms with Crippen LogP contribution in [0.3, 0.4) is 0 Å². The zero-order chi connectivity index (χ0) is 14.9. The van der Waals surface area contributed by atoms with Gasteiger partial charge in [-0.3, -0.25) is 10.1 Å². The SMILES string of the molecule is Cc1cc(/C=C/[N+](=O)[O-])c(C)n1-c1ccc(F)c(Cl)c1. The van der Waals surface area contributed by atoms with Crippen LogP contribution < -0.4 is 0 Å². The van der Waals surface area contributed by atoms with Crippen molar-refractivity contribution in [3.8, 4) is 5.69 Å². The van der Waals surface area contributed by atoms with Crippen molar-refractivity contribution in [1.82, 2.24) is 4.57 Å². The van der Waals surface area contributed by atoms with Gasteiger partial charge in [0.15, 0.2) is 0 Å². The van der Waals surface area contributed by atoms with Gasteiger partial charge in [0.1, 0.15) is 5.82 Å². The van der Waals surface area contributed by atoms with Gasteiger partial charge in [0.05, 0.1) is 9.95 Å². The topological polar surface area (TPSA) is 48.1 Å². The summed E-state index contributed by atoms with van der Waals surface area (Å²) in [6.45, 7) is 3.71. The molecule has 20 heavy (non-hydrogen) atoms. The maximum atomic E-state index is 13.2. The van der Waals surface area contributed by atoms with Crippen molar-refractivity contribution >= 4 is 17.7 Å². The Labute approximate surface area is 120 Å². The third-order valence-corrected chi connectivity index (χ3v) is 3.30. The van der Waals surface area contributed by atoms with E-state index in [1.54, 1.807) is 6.07 Å². The number of hydrogen-bond donors (Lipinski definition) is 0. The Bertz CT molecular complexity index is 707. The van der Waals surface area contributed by atoms with Gasteiger partial charge in [0, 0.05) is 28.7 Å². The van der Waals surface area contributed by atoms with Gasteiger partial charge in [0.25, 0.3) is 0 Å². The Morgan fingerprint density at radius 3 is 2.65 bits per heavy atom. The first-order valence-corrected chi connectivity index (χ1v) is 6.24. The minimum atomic E-state index is -0.513. The van der Waals surface area contributed by atoms with Crippen molar-refractivity contribution in [2.75, 3.05) is 0 Å². The van der Waals surface area contributed by atoms with Crippen LogP contribution in [0.25, 0.3) is 11.8 Å². The van der Waals surface area contributed by atoms with Crippen LogP contribution in [0, 0.1) is 29.8 Å². The van der Waals surface area contributed by atoms with E-state index >= 15 is 0 Å². The predicted molar refractivity (Wildman–Crippen MR) is 76.2 cm³/mol. The highest BCUT2D eigenvalue weighted by Crippen LogP contribution is 2.25. The number of benzene rings is 1. The highest BCUT2D eigenvalue weighted by atomic mass is 35.5. The molecule has 0 saturated heterocycles. The second kappa shape index (κ2) is 5.46. The van der Waals surface area contributed by atoms with Gasteiger partial charge in [-0.05, 0) is 38.1 Å². The van der Waals surface area contributed by atoms with Crippen LogP contribution >= 0.6 is 11.6 Å². The summed E-state index contributed by atoms with van der Waals surface area (Å²) in [5.41, 5.74) is 3.16. The molecular weight excluding hydrogens is 283 g/mol. The minimum Gasteiger partial charge on any atom is -0.318 e. The first-order valence-electron chi connectivity index (χ1n) is 5.86. The van der Waals surface area contributed by atoms with Crippen molar-refractivity contribution < 1.29 is 9.31 Å². The van der Waals surface area contributed by atoms with Gasteiger partial charge in [-0.15, -0.1) is 0 Å². The molecule has 0 atom stereocenters. The van der Waals surface area contributed by atoms with Crippen LogP contribution in [0.5, 0.6) is 0 Å². The Balaban J connectivity index is 2.52. The van der Waals surface area contributed by atoms with Crippen LogP contribution in [-0.2, 0) is 0 Å². The van der Waals surface area contributed by atoms with Gasteiger partial charge in [-0.1, -0.05) is 11.6 Å². The number of aromatic nitrogens is 1. The highest BCUT2D eigenvalue weighted by molar-refractivity contribution is 6.30.